The third kappa shape index (κ3) is 3.67. The SMILES string of the molecule is CC(C)(C)CN1CCCC(c2ccnc(N)n2)C1. The highest BCUT2D eigenvalue weighted by Gasteiger charge is 2.25. The Labute approximate surface area is 110 Å². The summed E-state index contributed by atoms with van der Waals surface area (Å²) in [5.41, 5.74) is 7.12. The van der Waals surface area contributed by atoms with Gasteiger partial charge in [-0.15, -0.1) is 0 Å². The molecule has 4 heteroatoms. The average molecular weight is 248 g/mol. The highest BCUT2D eigenvalue weighted by molar-refractivity contribution is 5.20. The van der Waals surface area contributed by atoms with E-state index in [9.17, 15) is 0 Å². The molecule has 1 aromatic rings. The van der Waals surface area contributed by atoms with Crippen molar-refractivity contribution >= 4 is 5.95 Å². The Morgan fingerprint density at radius 3 is 2.89 bits per heavy atom. The molecule has 0 aliphatic carbocycles. The van der Waals surface area contributed by atoms with Crippen molar-refractivity contribution in [3.05, 3.63) is 18.0 Å². The van der Waals surface area contributed by atoms with Crippen LogP contribution in [0.25, 0.3) is 0 Å². The van der Waals surface area contributed by atoms with Crippen LogP contribution in [0.15, 0.2) is 12.3 Å². The largest absolute Gasteiger partial charge is 0.368 e. The molecule has 0 aromatic carbocycles. The van der Waals surface area contributed by atoms with Crippen molar-refractivity contribution in [1.82, 2.24) is 14.9 Å². The van der Waals surface area contributed by atoms with Crippen molar-refractivity contribution < 1.29 is 0 Å². The van der Waals surface area contributed by atoms with Crippen LogP contribution in [-0.2, 0) is 0 Å². The molecule has 0 spiro atoms. The zero-order valence-electron chi connectivity index (χ0n) is 11.7. The average Bonchev–Trinajstić information content (AvgIpc) is 2.27. The van der Waals surface area contributed by atoms with Crippen LogP contribution in [0, 0.1) is 5.41 Å². The van der Waals surface area contributed by atoms with Crippen LogP contribution in [0.5, 0.6) is 0 Å². The quantitative estimate of drug-likeness (QED) is 0.872. The van der Waals surface area contributed by atoms with E-state index >= 15 is 0 Å². The van der Waals surface area contributed by atoms with Gasteiger partial charge >= 0.3 is 0 Å². The van der Waals surface area contributed by atoms with Crippen LogP contribution < -0.4 is 5.73 Å². The number of rotatable bonds is 2. The summed E-state index contributed by atoms with van der Waals surface area (Å²) in [5, 5.41) is 0. The van der Waals surface area contributed by atoms with Crippen LogP contribution in [0.3, 0.4) is 0 Å². The molecule has 0 radical (unpaired) electrons. The van der Waals surface area contributed by atoms with Gasteiger partial charge in [0.15, 0.2) is 0 Å². The van der Waals surface area contributed by atoms with E-state index in [4.69, 9.17) is 5.73 Å². The first-order valence-electron chi connectivity index (χ1n) is 6.75. The minimum atomic E-state index is 0.354. The van der Waals surface area contributed by atoms with E-state index in [1.807, 2.05) is 6.07 Å². The summed E-state index contributed by atoms with van der Waals surface area (Å²) in [6.07, 6.45) is 4.21. The third-order valence-electron chi connectivity index (χ3n) is 3.32. The summed E-state index contributed by atoms with van der Waals surface area (Å²) in [7, 11) is 0. The first-order valence-corrected chi connectivity index (χ1v) is 6.75. The monoisotopic (exact) mass is 248 g/mol. The van der Waals surface area contributed by atoms with Gasteiger partial charge in [-0.05, 0) is 30.9 Å². The fraction of sp³-hybridized carbons (Fsp3) is 0.714. The number of hydrogen-bond acceptors (Lipinski definition) is 4. The van der Waals surface area contributed by atoms with E-state index in [1.165, 1.54) is 19.4 Å². The predicted molar refractivity (Wildman–Crippen MR) is 74.3 cm³/mol. The lowest BCUT2D eigenvalue weighted by Crippen LogP contribution is -2.39. The van der Waals surface area contributed by atoms with Crippen molar-refractivity contribution in [3.63, 3.8) is 0 Å². The van der Waals surface area contributed by atoms with Gasteiger partial charge in [0.2, 0.25) is 5.95 Å². The van der Waals surface area contributed by atoms with Gasteiger partial charge in [0, 0.05) is 25.2 Å². The van der Waals surface area contributed by atoms with Crippen LogP contribution in [0.1, 0.15) is 45.2 Å². The van der Waals surface area contributed by atoms with Crippen molar-refractivity contribution in [2.24, 2.45) is 5.41 Å². The number of likely N-dealkylation sites (tertiary alicyclic amines) is 1. The number of anilines is 1. The summed E-state index contributed by atoms with van der Waals surface area (Å²) >= 11 is 0. The summed E-state index contributed by atoms with van der Waals surface area (Å²) < 4.78 is 0. The molecule has 2 rings (SSSR count). The van der Waals surface area contributed by atoms with Gasteiger partial charge in [-0.3, -0.25) is 0 Å². The van der Waals surface area contributed by atoms with E-state index in [1.54, 1.807) is 6.20 Å². The zero-order valence-corrected chi connectivity index (χ0v) is 11.7. The van der Waals surface area contributed by atoms with E-state index in [-0.39, 0.29) is 0 Å². The lowest BCUT2D eigenvalue weighted by Gasteiger charge is -2.36. The lowest BCUT2D eigenvalue weighted by atomic mass is 9.90. The van der Waals surface area contributed by atoms with E-state index in [2.05, 4.69) is 35.6 Å². The van der Waals surface area contributed by atoms with Crippen molar-refractivity contribution in [1.29, 1.82) is 0 Å². The maximum atomic E-state index is 5.67. The Morgan fingerprint density at radius 2 is 2.22 bits per heavy atom. The Morgan fingerprint density at radius 1 is 1.44 bits per heavy atom. The highest BCUT2D eigenvalue weighted by Crippen LogP contribution is 2.27. The normalized spacial score (nSPS) is 22.1. The number of hydrogen-bond donors (Lipinski definition) is 1. The second-order valence-corrected chi connectivity index (χ2v) is 6.47. The second-order valence-electron chi connectivity index (χ2n) is 6.47. The molecule has 2 N–H and O–H groups in total. The molecule has 0 saturated carbocycles. The molecule has 1 unspecified atom stereocenters. The fourth-order valence-electron chi connectivity index (χ4n) is 2.73. The number of nitrogens with two attached hydrogens (primary N) is 1. The molecule has 100 valence electrons. The molecule has 1 fully saturated rings. The smallest absolute Gasteiger partial charge is 0.220 e. The second kappa shape index (κ2) is 5.22. The van der Waals surface area contributed by atoms with Gasteiger partial charge in [-0.2, -0.15) is 0 Å². The van der Waals surface area contributed by atoms with Crippen LogP contribution in [0.4, 0.5) is 5.95 Å². The van der Waals surface area contributed by atoms with Gasteiger partial charge in [0.1, 0.15) is 0 Å². The van der Waals surface area contributed by atoms with Gasteiger partial charge in [-0.25, -0.2) is 9.97 Å². The van der Waals surface area contributed by atoms with Gasteiger partial charge in [0.05, 0.1) is 5.69 Å². The summed E-state index contributed by atoms with van der Waals surface area (Å²) in [4.78, 5) is 10.9. The number of nitrogens with zero attached hydrogens (tertiary/aromatic N) is 3. The number of nitrogen functional groups attached to an aromatic ring is 1. The fourth-order valence-corrected chi connectivity index (χ4v) is 2.73. The number of aromatic nitrogens is 2. The van der Waals surface area contributed by atoms with Gasteiger partial charge < -0.3 is 10.6 Å². The molecule has 0 amide bonds. The molecule has 2 heterocycles. The summed E-state index contributed by atoms with van der Waals surface area (Å²) in [6, 6.07) is 2.00. The maximum absolute atomic E-state index is 5.67. The number of piperidine rings is 1. The van der Waals surface area contributed by atoms with Crippen molar-refractivity contribution in [2.45, 2.75) is 39.5 Å². The van der Waals surface area contributed by atoms with Crippen LogP contribution in [0.2, 0.25) is 0 Å². The first-order chi connectivity index (χ1) is 8.44. The Hall–Kier alpha value is -1.16. The van der Waals surface area contributed by atoms with E-state index in [0.29, 0.717) is 17.3 Å². The van der Waals surface area contributed by atoms with E-state index in [0.717, 1.165) is 18.8 Å². The van der Waals surface area contributed by atoms with Crippen molar-refractivity contribution in [2.75, 3.05) is 25.4 Å². The molecule has 1 aliphatic rings. The molecule has 1 atom stereocenters. The molecule has 0 bridgehead atoms. The molecular formula is C14H24N4. The predicted octanol–water partition coefficient (Wildman–Crippen LogP) is 2.28. The van der Waals surface area contributed by atoms with Crippen LogP contribution >= 0.6 is 0 Å². The topological polar surface area (TPSA) is 55.0 Å². The standard InChI is InChI=1S/C14H24N4/c1-14(2,3)10-18-8-4-5-11(9-18)12-6-7-16-13(15)17-12/h6-7,11H,4-5,8-10H2,1-3H3,(H2,15,16,17). The molecular weight excluding hydrogens is 224 g/mol. The van der Waals surface area contributed by atoms with E-state index < -0.39 is 0 Å². The Balaban J connectivity index is 2.02. The molecule has 4 nitrogen and oxygen atoms in total. The van der Waals surface area contributed by atoms with Crippen LogP contribution in [-0.4, -0.2) is 34.5 Å². The molecule has 18 heavy (non-hydrogen) atoms. The highest BCUT2D eigenvalue weighted by atomic mass is 15.1. The first kappa shape index (κ1) is 13.3. The lowest BCUT2D eigenvalue weighted by molar-refractivity contribution is 0.149. The van der Waals surface area contributed by atoms with Crippen molar-refractivity contribution in [3.8, 4) is 0 Å². The summed E-state index contributed by atoms with van der Waals surface area (Å²) in [6.45, 7) is 10.3. The third-order valence-corrected chi connectivity index (χ3v) is 3.32. The maximum Gasteiger partial charge on any atom is 0.220 e. The van der Waals surface area contributed by atoms with Gasteiger partial charge in [-0.1, -0.05) is 20.8 Å². The molecule has 1 aromatic heterocycles. The Kier molecular flexibility index (Phi) is 3.85. The minimum Gasteiger partial charge on any atom is -0.368 e. The Bertz CT molecular complexity index is 397. The van der Waals surface area contributed by atoms with Gasteiger partial charge in [0.25, 0.3) is 0 Å². The summed E-state index contributed by atoms with van der Waals surface area (Å²) in [5.74, 6) is 0.895. The zero-order chi connectivity index (χ0) is 13.2. The molecule has 1 saturated heterocycles. The minimum absolute atomic E-state index is 0.354. The molecule has 1 aliphatic heterocycles.